The highest BCUT2D eigenvalue weighted by Gasteiger charge is 2.24. The average Bonchev–Trinajstić information content (AvgIpc) is 2.93. The zero-order valence-electron chi connectivity index (χ0n) is 13.9. The van der Waals surface area contributed by atoms with Gasteiger partial charge in [0.1, 0.15) is 0 Å². The number of aliphatic imine (C=N–C) groups is 1. The number of halogens is 1. The van der Waals surface area contributed by atoms with Gasteiger partial charge in [-0.25, -0.2) is 4.99 Å². The summed E-state index contributed by atoms with van der Waals surface area (Å²) in [5.41, 5.74) is 2.67. The van der Waals surface area contributed by atoms with Gasteiger partial charge >= 0.3 is 0 Å². The van der Waals surface area contributed by atoms with Crippen LogP contribution >= 0.6 is 23.4 Å². The molecule has 132 valence electrons. The number of hydrogen-bond acceptors (Lipinski definition) is 5. The highest BCUT2D eigenvalue weighted by Crippen LogP contribution is 2.31. The summed E-state index contributed by atoms with van der Waals surface area (Å²) >= 11 is 7.27. The Balaban J connectivity index is 1.89. The second kappa shape index (κ2) is 7.31. The molecule has 0 aromatic heterocycles. The van der Waals surface area contributed by atoms with E-state index in [-0.39, 0.29) is 11.6 Å². The third-order valence-electron chi connectivity index (χ3n) is 3.84. The molecule has 8 heteroatoms. The minimum Gasteiger partial charge on any atom is -0.300 e. The van der Waals surface area contributed by atoms with Gasteiger partial charge in [-0.2, -0.15) is 0 Å². The van der Waals surface area contributed by atoms with Crippen LogP contribution in [-0.2, 0) is 4.79 Å². The molecule has 0 atom stereocenters. The third kappa shape index (κ3) is 3.79. The van der Waals surface area contributed by atoms with E-state index in [1.54, 1.807) is 37.3 Å². The lowest BCUT2D eigenvalue weighted by Crippen LogP contribution is -2.19. The van der Waals surface area contributed by atoms with Crippen molar-refractivity contribution in [3.8, 4) is 0 Å². The van der Waals surface area contributed by atoms with E-state index in [1.807, 2.05) is 13.0 Å². The van der Waals surface area contributed by atoms with E-state index in [4.69, 9.17) is 11.6 Å². The lowest BCUT2D eigenvalue weighted by atomic mass is 10.1. The second-order valence-electron chi connectivity index (χ2n) is 5.67. The Labute approximate surface area is 159 Å². The maximum Gasteiger partial charge on any atom is 0.272 e. The Hall–Kier alpha value is -2.64. The number of nitro benzene ring substituents is 1. The molecule has 1 saturated heterocycles. The topological polar surface area (TPSA) is 84.6 Å². The maximum absolute atomic E-state index is 12.2. The van der Waals surface area contributed by atoms with Crippen molar-refractivity contribution in [1.29, 1.82) is 0 Å². The number of nitrogens with zero attached hydrogens (tertiary/aromatic N) is 2. The van der Waals surface area contributed by atoms with Crippen molar-refractivity contribution < 1.29 is 9.72 Å². The minimum absolute atomic E-state index is 0.0196. The van der Waals surface area contributed by atoms with E-state index in [2.05, 4.69) is 10.3 Å². The van der Waals surface area contributed by atoms with Crippen LogP contribution in [-0.4, -0.2) is 16.0 Å². The number of nitro groups is 1. The summed E-state index contributed by atoms with van der Waals surface area (Å²) in [6, 6.07) is 10.2. The summed E-state index contributed by atoms with van der Waals surface area (Å²) in [5, 5.41) is 14.8. The Morgan fingerprint density at radius 3 is 2.77 bits per heavy atom. The number of carbonyl (C=O) groups is 1. The van der Waals surface area contributed by atoms with E-state index >= 15 is 0 Å². The SMILES string of the molecule is Cc1ccc(/C=C2\SC(=Nc3cccc(Cl)c3C)NC2=O)cc1[N+](=O)[O-]. The Kier molecular flexibility index (Phi) is 5.11. The molecule has 26 heavy (non-hydrogen) atoms. The van der Waals surface area contributed by atoms with Crippen molar-refractivity contribution in [2.75, 3.05) is 0 Å². The Bertz CT molecular complexity index is 986. The van der Waals surface area contributed by atoms with Gasteiger partial charge in [-0.3, -0.25) is 14.9 Å². The smallest absolute Gasteiger partial charge is 0.272 e. The van der Waals surface area contributed by atoms with Crippen LogP contribution < -0.4 is 5.32 Å². The van der Waals surface area contributed by atoms with E-state index < -0.39 is 4.92 Å². The third-order valence-corrected chi connectivity index (χ3v) is 5.16. The summed E-state index contributed by atoms with van der Waals surface area (Å²) in [6.07, 6.45) is 1.61. The molecule has 2 aromatic rings. The molecule has 1 heterocycles. The van der Waals surface area contributed by atoms with Crippen LogP contribution in [0.5, 0.6) is 0 Å². The molecule has 3 rings (SSSR count). The van der Waals surface area contributed by atoms with Crippen LogP contribution in [0.4, 0.5) is 11.4 Å². The van der Waals surface area contributed by atoms with Gasteiger partial charge in [0.25, 0.3) is 11.6 Å². The molecule has 1 amide bonds. The summed E-state index contributed by atoms with van der Waals surface area (Å²) in [5.74, 6) is -0.295. The fourth-order valence-electron chi connectivity index (χ4n) is 2.37. The van der Waals surface area contributed by atoms with Gasteiger partial charge < -0.3 is 5.32 Å². The number of thioether (sulfide) groups is 1. The van der Waals surface area contributed by atoms with E-state index in [0.717, 1.165) is 5.56 Å². The molecule has 0 unspecified atom stereocenters. The zero-order chi connectivity index (χ0) is 18.8. The van der Waals surface area contributed by atoms with E-state index in [0.29, 0.717) is 31.9 Å². The molecule has 1 fully saturated rings. The molecular formula is C18H14ClN3O3S. The predicted octanol–water partition coefficient (Wildman–Crippen LogP) is 4.76. The number of carbonyl (C=O) groups excluding carboxylic acids is 1. The van der Waals surface area contributed by atoms with Crippen LogP contribution in [0.2, 0.25) is 5.02 Å². The Morgan fingerprint density at radius 1 is 1.27 bits per heavy atom. The summed E-state index contributed by atoms with van der Waals surface area (Å²) in [7, 11) is 0. The summed E-state index contributed by atoms with van der Waals surface area (Å²) in [4.78, 5) is 27.7. The normalized spacial score (nSPS) is 17.0. The number of nitrogens with one attached hydrogen (secondary N) is 1. The number of aryl methyl sites for hydroxylation is 1. The lowest BCUT2D eigenvalue weighted by molar-refractivity contribution is -0.385. The second-order valence-corrected chi connectivity index (χ2v) is 7.11. The number of rotatable bonds is 3. The predicted molar refractivity (Wildman–Crippen MR) is 105 cm³/mol. The monoisotopic (exact) mass is 387 g/mol. The van der Waals surface area contributed by atoms with Crippen molar-refractivity contribution in [3.05, 3.63) is 73.1 Å². The van der Waals surface area contributed by atoms with Crippen LogP contribution in [0.15, 0.2) is 46.3 Å². The molecule has 1 aliphatic rings. The molecule has 0 spiro atoms. The van der Waals surface area contributed by atoms with Gasteiger partial charge in [0.2, 0.25) is 0 Å². The first-order chi connectivity index (χ1) is 12.3. The van der Waals surface area contributed by atoms with E-state index in [9.17, 15) is 14.9 Å². The molecule has 0 saturated carbocycles. The first kappa shape index (κ1) is 18.2. The first-order valence-electron chi connectivity index (χ1n) is 7.65. The number of hydrogen-bond donors (Lipinski definition) is 1. The van der Waals surface area contributed by atoms with Gasteiger partial charge in [-0.15, -0.1) is 0 Å². The van der Waals surface area contributed by atoms with Crippen molar-refractivity contribution in [3.63, 3.8) is 0 Å². The number of amides is 1. The molecule has 6 nitrogen and oxygen atoms in total. The van der Waals surface area contributed by atoms with Crippen molar-refractivity contribution in [1.82, 2.24) is 5.32 Å². The summed E-state index contributed by atoms with van der Waals surface area (Å²) in [6.45, 7) is 3.52. The fraction of sp³-hybridized carbons (Fsp3) is 0.111. The van der Waals surface area contributed by atoms with Gasteiger partial charge in [0, 0.05) is 16.7 Å². The van der Waals surface area contributed by atoms with Crippen LogP contribution in [0.1, 0.15) is 16.7 Å². The highest BCUT2D eigenvalue weighted by atomic mass is 35.5. The van der Waals surface area contributed by atoms with Gasteiger partial charge in [0.15, 0.2) is 5.17 Å². The van der Waals surface area contributed by atoms with Crippen molar-refractivity contribution in [2.24, 2.45) is 4.99 Å². The molecule has 0 aliphatic carbocycles. The Morgan fingerprint density at radius 2 is 2.04 bits per heavy atom. The molecule has 2 aromatic carbocycles. The fourth-order valence-corrected chi connectivity index (χ4v) is 3.38. The highest BCUT2D eigenvalue weighted by molar-refractivity contribution is 8.18. The number of benzene rings is 2. The maximum atomic E-state index is 12.2. The lowest BCUT2D eigenvalue weighted by Gasteiger charge is -2.02. The van der Waals surface area contributed by atoms with Crippen LogP contribution in [0.3, 0.4) is 0 Å². The molecular weight excluding hydrogens is 374 g/mol. The summed E-state index contributed by atoms with van der Waals surface area (Å²) < 4.78 is 0. The van der Waals surface area contributed by atoms with Crippen LogP contribution in [0, 0.1) is 24.0 Å². The molecule has 0 radical (unpaired) electrons. The molecule has 0 bridgehead atoms. The van der Waals surface area contributed by atoms with Gasteiger partial charge in [-0.05, 0) is 54.9 Å². The van der Waals surface area contributed by atoms with Crippen molar-refractivity contribution in [2.45, 2.75) is 13.8 Å². The molecule has 1 N–H and O–H groups in total. The largest absolute Gasteiger partial charge is 0.300 e. The minimum atomic E-state index is -0.436. The van der Waals surface area contributed by atoms with E-state index in [1.165, 1.54) is 17.8 Å². The standard InChI is InChI=1S/C18H14ClN3O3S/c1-10-6-7-12(8-15(10)22(24)25)9-16-17(23)21-18(26-16)20-14-5-3-4-13(19)11(14)2/h3-9H,1-2H3,(H,20,21,23)/b16-9-. The van der Waals surface area contributed by atoms with Gasteiger partial charge in [0.05, 0.1) is 15.5 Å². The average molecular weight is 388 g/mol. The van der Waals surface area contributed by atoms with Crippen molar-refractivity contribution >= 4 is 51.9 Å². The quantitative estimate of drug-likeness (QED) is 0.467. The molecule has 1 aliphatic heterocycles. The first-order valence-corrected chi connectivity index (χ1v) is 8.84. The number of amidine groups is 1. The van der Waals surface area contributed by atoms with Crippen LogP contribution in [0.25, 0.3) is 6.08 Å². The zero-order valence-corrected chi connectivity index (χ0v) is 15.5. The van der Waals surface area contributed by atoms with Gasteiger partial charge in [-0.1, -0.05) is 29.8 Å².